The third-order valence-electron chi connectivity index (χ3n) is 5.71. The highest BCUT2D eigenvalue weighted by Gasteiger charge is 2.28. The van der Waals surface area contributed by atoms with E-state index in [1.807, 2.05) is 23.6 Å². The Morgan fingerprint density at radius 1 is 1.08 bits per heavy atom. The minimum Gasteiger partial charge on any atom is -0.372 e. The first-order chi connectivity index (χ1) is 12.0. The van der Waals surface area contributed by atoms with E-state index in [2.05, 4.69) is 6.08 Å². The molecule has 2 aliphatic heterocycles. The van der Waals surface area contributed by atoms with Crippen molar-refractivity contribution >= 4 is 11.8 Å². The number of hydrogen-bond donors (Lipinski definition) is 0. The summed E-state index contributed by atoms with van der Waals surface area (Å²) in [6, 6.07) is 0. The molecule has 0 saturated carbocycles. The van der Waals surface area contributed by atoms with Gasteiger partial charge in [-0.3, -0.25) is 9.59 Å². The molecule has 0 N–H and O–H groups in total. The quantitative estimate of drug-likeness (QED) is 0.734. The van der Waals surface area contributed by atoms with Crippen molar-refractivity contribution in [3.05, 3.63) is 11.6 Å². The lowest BCUT2D eigenvalue weighted by Crippen LogP contribution is -2.48. The number of fused-ring (bicyclic) bond motifs is 1. The van der Waals surface area contributed by atoms with E-state index in [0.717, 1.165) is 19.5 Å². The summed E-state index contributed by atoms with van der Waals surface area (Å²) >= 11 is 0. The molecule has 25 heavy (non-hydrogen) atoms. The summed E-state index contributed by atoms with van der Waals surface area (Å²) in [7, 11) is 0. The maximum absolute atomic E-state index is 12.5. The average molecular weight is 348 g/mol. The number of ether oxygens (including phenoxy) is 1. The molecule has 0 aromatic rings. The fourth-order valence-corrected chi connectivity index (χ4v) is 4.44. The molecular formula is C20H32N2O3. The lowest BCUT2D eigenvalue weighted by atomic mass is 9.82. The van der Waals surface area contributed by atoms with Gasteiger partial charge in [0.15, 0.2) is 0 Å². The SMILES string of the molecule is C[C@@H]1CN(C(=O)CCCC(=O)N2CCC3CCCC=C3C2)C[C@H](C)O1. The highest BCUT2D eigenvalue weighted by atomic mass is 16.5. The summed E-state index contributed by atoms with van der Waals surface area (Å²) in [6.07, 6.45) is 9.00. The minimum atomic E-state index is 0.0967. The maximum atomic E-state index is 12.5. The van der Waals surface area contributed by atoms with E-state index in [0.29, 0.717) is 38.3 Å². The molecule has 2 heterocycles. The number of carbonyl (C=O) groups is 2. The van der Waals surface area contributed by atoms with Crippen molar-refractivity contribution in [2.45, 2.75) is 71.0 Å². The van der Waals surface area contributed by atoms with Gasteiger partial charge in [-0.2, -0.15) is 0 Å². The predicted octanol–water partition coefficient (Wildman–Crippen LogP) is 2.75. The number of amides is 2. The fourth-order valence-electron chi connectivity index (χ4n) is 4.44. The van der Waals surface area contributed by atoms with Crippen molar-refractivity contribution in [1.29, 1.82) is 0 Å². The Hall–Kier alpha value is -1.36. The second kappa shape index (κ2) is 8.35. The lowest BCUT2D eigenvalue weighted by Gasteiger charge is -2.36. The zero-order valence-electron chi connectivity index (χ0n) is 15.7. The van der Waals surface area contributed by atoms with Crippen LogP contribution in [0.3, 0.4) is 0 Å². The van der Waals surface area contributed by atoms with Crippen molar-refractivity contribution in [3.8, 4) is 0 Å². The van der Waals surface area contributed by atoms with Gasteiger partial charge in [0.25, 0.3) is 0 Å². The molecule has 0 radical (unpaired) electrons. The summed E-state index contributed by atoms with van der Waals surface area (Å²) in [4.78, 5) is 28.7. The third-order valence-corrected chi connectivity index (χ3v) is 5.71. The third kappa shape index (κ3) is 4.84. The Labute approximate surface area is 151 Å². The van der Waals surface area contributed by atoms with Gasteiger partial charge in [-0.05, 0) is 51.9 Å². The Morgan fingerprint density at radius 3 is 2.48 bits per heavy atom. The van der Waals surface area contributed by atoms with Crippen LogP contribution in [0.15, 0.2) is 11.6 Å². The average Bonchev–Trinajstić information content (AvgIpc) is 2.60. The van der Waals surface area contributed by atoms with E-state index in [1.165, 1.54) is 24.8 Å². The minimum absolute atomic E-state index is 0.0967. The molecule has 0 bridgehead atoms. The zero-order chi connectivity index (χ0) is 17.8. The van der Waals surface area contributed by atoms with Gasteiger partial charge in [-0.15, -0.1) is 0 Å². The van der Waals surface area contributed by atoms with Crippen molar-refractivity contribution < 1.29 is 14.3 Å². The van der Waals surface area contributed by atoms with Gasteiger partial charge in [-0.25, -0.2) is 0 Å². The molecule has 2 amide bonds. The van der Waals surface area contributed by atoms with Crippen LogP contribution < -0.4 is 0 Å². The molecule has 140 valence electrons. The predicted molar refractivity (Wildman–Crippen MR) is 97.1 cm³/mol. The summed E-state index contributed by atoms with van der Waals surface area (Å²) in [5.41, 5.74) is 1.47. The van der Waals surface area contributed by atoms with Crippen LogP contribution in [0.1, 0.15) is 58.8 Å². The fraction of sp³-hybridized carbons (Fsp3) is 0.800. The van der Waals surface area contributed by atoms with Crippen molar-refractivity contribution in [2.75, 3.05) is 26.2 Å². The van der Waals surface area contributed by atoms with Crippen LogP contribution in [-0.2, 0) is 14.3 Å². The highest BCUT2D eigenvalue weighted by molar-refractivity contribution is 5.79. The Bertz CT molecular complexity index is 521. The number of carbonyl (C=O) groups excluding carboxylic acids is 2. The van der Waals surface area contributed by atoms with Gasteiger partial charge >= 0.3 is 0 Å². The molecule has 0 aromatic heterocycles. The Kier molecular flexibility index (Phi) is 6.15. The van der Waals surface area contributed by atoms with Crippen LogP contribution >= 0.6 is 0 Å². The number of morpholine rings is 1. The van der Waals surface area contributed by atoms with Gasteiger partial charge in [0.2, 0.25) is 11.8 Å². The number of nitrogens with zero attached hydrogens (tertiary/aromatic N) is 2. The van der Waals surface area contributed by atoms with Gasteiger partial charge < -0.3 is 14.5 Å². The lowest BCUT2D eigenvalue weighted by molar-refractivity contribution is -0.143. The van der Waals surface area contributed by atoms with Crippen LogP contribution in [0.25, 0.3) is 0 Å². The van der Waals surface area contributed by atoms with E-state index in [1.54, 1.807) is 0 Å². The summed E-state index contributed by atoms with van der Waals surface area (Å²) in [5.74, 6) is 1.08. The Morgan fingerprint density at radius 2 is 1.76 bits per heavy atom. The largest absolute Gasteiger partial charge is 0.372 e. The number of hydrogen-bond acceptors (Lipinski definition) is 3. The van der Waals surface area contributed by atoms with E-state index in [4.69, 9.17) is 4.74 Å². The molecule has 3 aliphatic rings. The van der Waals surface area contributed by atoms with Gasteiger partial charge in [0.1, 0.15) is 0 Å². The molecule has 3 rings (SSSR count). The first kappa shape index (κ1) is 18.4. The number of rotatable bonds is 4. The number of likely N-dealkylation sites (tertiary alicyclic amines) is 1. The van der Waals surface area contributed by atoms with Crippen molar-refractivity contribution in [2.24, 2.45) is 5.92 Å². The first-order valence-electron chi connectivity index (χ1n) is 9.93. The van der Waals surface area contributed by atoms with E-state index in [-0.39, 0.29) is 24.0 Å². The van der Waals surface area contributed by atoms with E-state index in [9.17, 15) is 9.59 Å². The molecule has 5 nitrogen and oxygen atoms in total. The zero-order valence-corrected chi connectivity index (χ0v) is 15.7. The van der Waals surface area contributed by atoms with Crippen molar-refractivity contribution in [3.63, 3.8) is 0 Å². The molecule has 5 heteroatoms. The molecule has 0 spiro atoms. The van der Waals surface area contributed by atoms with Crippen molar-refractivity contribution in [1.82, 2.24) is 9.80 Å². The topological polar surface area (TPSA) is 49.9 Å². The van der Waals surface area contributed by atoms with Crippen LogP contribution in [0.4, 0.5) is 0 Å². The number of allylic oxidation sites excluding steroid dienone is 1. The second-order valence-corrected chi connectivity index (χ2v) is 7.92. The molecule has 0 aromatic carbocycles. The molecular weight excluding hydrogens is 316 g/mol. The van der Waals surface area contributed by atoms with E-state index < -0.39 is 0 Å². The monoisotopic (exact) mass is 348 g/mol. The van der Waals surface area contributed by atoms with Crippen LogP contribution in [0.5, 0.6) is 0 Å². The van der Waals surface area contributed by atoms with Crippen LogP contribution in [0, 0.1) is 5.92 Å². The molecule has 1 unspecified atom stereocenters. The molecule has 2 saturated heterocycles. The van der Waals surface area contributed by atoms with Gasteiger partial charge in [0, 0.05) is 39.0 Å². The molecule has 1 aliphatic carbocycles. The number of piperidine rings is 1. The molecule has 2 fully saturated rings. The highest BCUT2D eigenvalue weighted by Crippen LogP contribution is 2.32. The standard InChI is InChI=1S/C20H32N2O3/c1-15-12-22(13-16(2)25-15)20(24)9-5-8-19(23)21-11-10-17-6-3-4-7-18(17)14-21/h7,15-17H,3-6,8-14H2,1-2H3/t15-,16+,17?. The second-order valence-electron chi connectivity index (χ2n) is 7.92. The van der Waals surface area contributed by atoms with E-state index >= 15 is 0 Å². The van der Waals surface area contributed by atoms with Gasteiger partial charge in [-0.1, -0.05) is 11.6 Å². The normalized spacial score (nSPS) is 29.8. The Balaban J connectivity index is 1.40. The van der Waals surface area contributed by atoms with Crippen LogP contribution in [-0.4, -0.2) is 60.0 Å². The molecule has 3 atom stereocenters. The summed E-state index contributed by atoms with van der Waals surface area (Å²) in [5, 5.41) is 0. The summed E-state index contributed by atoms with van der Waals surface area (Å²) < 4.78 is 5.67. The first-order valence-corrected chi connectivity index (χ1v) is 9.93. The smallest absolute Gasteiger partial charge is 0.222 e. The van der Waals surface area contributed by atoms with Gasteiger partial charge in [0.05, 0.1) is 12.2 Å². The summed E-state index contributed by atoms with van der Waals surface area (Å²) in [6.45, 7) is 7.03. The van der Waals surface area contributed by atoms with Crippen LogP contribution in [0.2, 0.25) is 0 Å². The maximum Gasteiger partial charge on any atom is 0.222 e.